The van der Waals surface area contributed by atoms with E-state index in [0.717, 1.165) is 0 Å². The number of nitrogens with zero attached hydrogens (tertiary/aromatic N) is 2. The maximum absolute atomic E-state index is 12.3. The molecule has 2 heterocycles. The summed E-state index contributed by atoms with van der Waals surface area (Å²) in [5, 5.41) is 0. The van der Waals surface area contributed by atoms with Crippen LogP contribution in [0.3, 0.4) is 0 Å². The molecular formula is C22H18N2O4. The van der Waals surface area contributed by atoms with Gasteiger partial charge in [0.2, 0.25) is 0 Å². The van der Waals surface area contributed by atoms with Gasteiger partial charge < -0.3 is 0 Å². The summed E-state index contributed by atoms with van der Waals surface area (Å²) in [5.74, 6) is -1.06. The van der Waals surface area contributed by atoms with Gasteiger partial charge in [0.15, 0.2) is 0 Å². The number of imide groups is 2. The Labute approximate surface area is 162 Å². The lowest BCUT2D eigenvalue weighted by molar-refractivity contribution is 0.0640. The first-order valence-corrected chi connectivity index (χ1v) is 9.15. The molecule has 0 bridgehead atoms. The van der Waals surface area contributed by atoms with E-state index in [1.165, 1.54) is 9.80 Å². The molecular weight excluding hydrogens is 356 g/mol. The third kappa shape index (κ3) is 2.93. The average Bonchev–Trinajstić information content (AvgIpc) is 3.11. The zero-order valence-electron chi connectivity index (χ0n) is 15.1. The summed E-state index contributed by atoms with van der Waals surface area (Å²) < 4.78 is 0. The zero-order chi connectivity index (χ0) is 19.7. The quantitative estimate of drug-likeness (QED) is 0.576. The van der Waals surface area contributed by atoms with Crippen molar-refractivity contribution in [3.8, 4) is 0 Å². The molecule has 2 aliphatic rings. The van der Waals surface area contributed by atoms with Crippen LogP contribution in [0.4, 0.5) is 0 Å². The van der Waals surface area contributed by atoms with Crippen LogP contribution in [-0.2, 0) is 0 Å². The maximum Gasteiger partial charge on any atom is 0.261 e. The first kappa shape index (κ1) is 17.9. The van der Waals surface area contributed by atoms with Crippen molar-refractivity contribution in [3.63, 3.8) is 0 Å². The van der Waals surface area contributed by atoms with Crippen LogP contribution in [0.15, 0.2) is 60.7 Å². The molecule has 2 aliphatic heterocycles. The van der Waals surface area contributed by atoms with Crippen LogP contribution in [0.2, 0.25) is 0 Å². The first-order chi connectivity index (χ1) is 13.6. The van der Waals surface area contributed by atoms with Crippen LogP contribution >= 0.6 is 0 Å². The molecule has 0 aromatic heterocycles. The molecule has 4 rings (SSSR count). The molecule has 4 amide bonds. The van der Waals surface area contributed by atoms with Crippen molar-refractivity contribution in [1.82, 2.24) is 9.80 Å². The van der Waals surface area contributed by atoms with Gasteiger partial charge in [0.05, 0.1) is 22.3 Å². The Kier molecular flexibility index (Phi) is 4.61. The lowest BCUT2D eigenvalue weighted by Gasteiger charge is -2.13. The number of hydrogen-bond acceptors (Lipinski definition) is 4. The SMILES string of the molecule is O=C1c2ccccc2C(=O)N1CC/C=C/CCN1C(=O)c2ccccc2C1=O. The largest absolute Gasteiger partial charge is 0.274 e. The number of amides is 4. The minimum atomic E-state index is -0.264. The molecule has 2 aromatic carbocycles. The third-order valence-corrected chi connectivity index (χ3v) is 4.96. The molecule has 0 fully saturated rings. The van der Waals surface area contributed by atoms with Crippen LogP contribution in [0.5, 0.6) is 0 Å². The average molecular weight is 374 g/mol. The van der Waals surface area contributed by atoms with Crippen molar-refractivity contribution in [2.24, 2.45) is 0 Å². The van der Waals surface area contributed by atoms with Gasteiger partial charge in [0, 0.05) is 13.1 Å². The molecule has 28 heavy (non-hydrogen) atoms. The van der Waals surface area contributed by atoms with Crippen LogP contribution < -0.4 is 0 Å². The van der Waals surface area contributed by atoms with Crippen molar-refractivity contribution in [2.45, 2.75) is 12.8 Å². The highest BCUT2D eigenvalue weighted by Gasteiger charge is 2.35. The lowest BCUT2D eigenvalue weighted by Crippen LogP contribution is -2.30. The Balaban J connectivity index is 1.28. The molecule has 0 saturated carbocycles. The molecule has 0 aliphatic carbocycles. The number of fused-ring (bicyclic) bond motifs is 2. The number of rotatable bonds is 6. The highest BCUT2D eigenvalue weighted by Crippen LogP contribution is 2.23. The topological polar surface area (TPSA) is 74.8 Å². The molecule has 0 atom stereocenters. The first-order valence-electron chi connectivity index (χ1n) is 9.15. The normalized spacial score (nSPS) is 15.7. The van der Waals surface area contributed by atoms with Crippen LogP contribution in [-0.4, -0.2) is 46.5 Å². The minimum Gasteiger partial charge on any atom is -0.274 e. The molecule has 0 N–H and O–H groups in total. The summed E-state index contributed by atoms with van der Waals surface area (Å²) in [6, 6.07) is 13.6. The van der Waals surface area contributed by atoms with Gasteiger partial charge in [-0.15, -0.1) is 0 Å². The van der Waals surface area contributed by atoms with E-state index in [9.17, 15) is 19.2 Å². The molecule has 6 nitrogen and oxygen atoms in total. The Morgan fingerprint density at radius 1 is 0.536 bits per heavy atom. The van der Waals surface area contributed by atoms with Gasteiger partial charge in [0.1, 0.15) is 0 Å². The summed E-state index contributed by atoms with van der Waals surface area (Å²) in [6.45, 7) is 0.603. The molecule has 0 saturated heterocycles. The van der Waals surface area contributed by atoms with E-state index in [1.807, 2.05) is 12.2 Å². The molecule has 140 valence electrons. The molecule has 0 unspecified atom stereocenters. The number of benzene rings is 2. The molecule has 0 radical (unpaired) electrons. The monoisotopic (exact) mass is 374 g/mol. The number of carbonyl (C=O) groups excluding carboxylic acids is 4. The molecule has 2 aromatic rings. The van der Waals surface area contributed by atoms with E-state index in [1.54, 1.807) is 48.5 Å². The van der Waals surface area contributed by atoms with Crippen molar-refractivity contribution in [1.29, 1.82) is 0 Å². The Bertz CT molecular complexity index is 873. The van der Waals surface area contributed by atoms with Gasteiger partial charge in [-0.2, -0.15) is 0 Å². The van der Waals surface area contributed by atoms with Crippen molar-refractivity contribution in [3.05, 3.63) is 82.9 Å². The lowest BCUT2D eigenvalue weighted by atomic mass is 10.1. The smallest absolute Gasteiger partial charge is 0.261 e. The zero-order valence-corrected chi connectivity index (χ0v) is 15.1. The van der Waals surface area contributed by atoms with E-state index in [4.69, 9.17) is 0 Å². The summed E-state index contributed by atoms with van der Waals surface area (Å²) in [4.78, 5) is 51.6. The standard InChI is InChI=1S/C22H18N2O4/c25-19-15-9-3-4-10-16(15)20(26)23(19)13-7-1-2-8-14-24-21(27)17-11-5-6-12-18(17)22(24)28/h1-6,9-12H,7-8,13-14H2/b2-1+. The van der Waals surface area contributed by atoms with Gasteiger partial charge in [0.25, 0.3) is 23.6 Å². The fourth-order valence-electron chi connectivity index (χ4n) is 3.53. The highest BCUT2D eigenvalue weighted by molar-refractivity contribution is 6.22. The minimum absolute atomic E-state index is 0.264. The Morgan fingerprint density at radius 2 is 0.821 bits per heavy atom. The highest BCUT2D eigenvalue weighted by atomic mass is 16.2. The second-order valence-electron chi connectivity index (χ2n) is 6.66. The third-order valence-electron chi connectivity index (χ3n) is 4.96. The Morgan fingerprint density at radius 3 is 1.11 bits per heavy atom. The summed E-state index contributed by atoms with van der Waals surface area (Å²) in [7, 11) is 0. The van der Waals surface area contributed by atoms with Crippen LogP contribution in [0.1, 0.15) is 54.3 Å². The van der Waals surface area contributed by atoms with E-state index in [2.05, 4.69) is 0 Å². The second-order valence-corrected chi connectivity index (χ2v) is 6.66. The van der Waals surface area contributed by atoms with Crippen LogP contribution in [0.25, 0.3) is 0 Å². The van der Waals surface area contributed by atoms with Gasteiger partial charge in [-0.3, -0.25) is 29.0 Å². The molecule has 0 spiro atoms. The predicted octanol–water partition coefficient (Wildman–Crippen LogP) is 2.92. The van der Waals surface area contributed by atoms with Crippen molar-refractivity contribution < 1.29 is 19.2 Å². The fourth-order valence-corrected chi connectivity index (χ4v) is 3.53. The fraction of sp³-hybridized carbons (Fsp3) is 0.182. The van der Waals surface area contributed by atoms with Gasteiger partial charge >= 0.3 is 0 Å². The number of hydrogen-bond donors (Lipinski definition) is 0. The van der Waals surface area contributed by atoms with E-state index in [-0.39, 0.29) is 23.6 Å². The predicted molar refractivity (Wildman–Crippen MR) is 102 cm³/mol. The van der Waals surface area contributed by atoms with E-state index in [0.29, 0.717) is 48.2 Å². The van der Waals surface area contributed by atoms with Crippen LogP contribution in [0, 0.1) is 0 Å². The maximum atomic E-state index is 12.3. The molecule has 6 heteroatoms. The summed E-state index contributed by atoms with van der Waals surface area (Å²) >= 11 is 0. The summed E-state index contributed by atoms with van der Waals surface area (Å²) in [5.41, 5.74) is 1.79. The van der Waals surface area contributed by atoms with Gasteiger partial charge in [-0.25, -0.2) is 0 Å². The van der Waals surface area contributed by atoms with Gasteiger partial charge in [-0.1, -0.05) is 36.4 Å². The van der Waals surface area contributed by atoms with E-state index >= 15 is 0 Å². The summed E-state index contributed by atoms with van der Waals surface area (Å²) in [6.07, 6.45) is 4.77. The van der Waals surface area contributed by atoms with Crippen molar-refractivity contribution >= 4 is 23.6 Å². The second kappa shape index (κ2) is 7.23. The van der Waals surface area contributed by atoms with E-state index < -0.39 is 0 Å². The van der Waals surface area contributed by atoms with Crippen molar-refractivity contribution in [2.75, 3.05) is 13.1 Å². The van der Waals surface area contributed by atoms with Gasteiger partial charge in [-0.05, 0) is 37.1 Å². The Hall–Kier alpha value is -3.54. The number of carbonyl (C=O) groups is 4.